The summed E-state index contributed by atoms with van der Waals surface area (Å²) in [5, 5.41) is 12.4. The Morgan fingerprint density at radius 2 is 1.55 bits per heavy atom. The molecule has 0 aromatic heterocycles. The average molecular weight is 450 g/mol. The Morgan fingerprint density at radius 3 is 2.12 bits per heavy atom. The number of nitrogens with zero attached hydrogens (tertiary/aromatic N) is 2. The van der Waals surface area contributed by atoms with Gasteiger partial charge in [-0.3, -0.25) is 9.59 Å². The minimum atomic E-state index is -0.817. The number of nitrogens with one attached hydrogen (secondary N) is 1. The number of aryl methyl sites for hydroxylation is 2. The fourth-order valence-electron chi connectivity index (χ4n) is 3.70. The van der Waals surface area contributed by atoms with E-state index in [9.17, 15) is 14.9 Å². The maximum atomic E-state index is 13.0. The van der Waals surface area contributed by atoms with Crippen LogP contribution in [-0.2, 0) is 31.9 Å². The molecule has 0 spiro atoms. The predicted molar refractivity (Wildman–Crippen MR) is 124 cm³/mol. The second-order valence-electron chi connectivity index (χ2n) is 8.03. The van der Waals surface area contributed by atoms with Gasteiger partial charge in [-0.1, -0.05) is 60.7 Å². The van der Waals surface area contributed by atoms with Crippen LogP contribution in [0, 0.1) is 11.3 Å². The van der Waals surface area contributed by atoms with Crippen molar-refractivity contribution in [1.29, 1.82) is 5.26 Å². The maximum Gasteiger partial charge on any atom is 0.250 e. The maximum absolute atomic E-state index is 13.0. The van der Waals surface area contributed by atoms with Crippen molar-refractivity contribution in [3.8, 4) is 6.07 Å². The molecular weight excluding hydrogens is 418 g/mol. The van der Waals surface area contributed by atoms with E-state index in [0.29, 0.717) is 52.0 Å². The van der Waals surface area contributed by atoms with Gasteiger partial charge in [0.05, 0.1) is 19.3 Å². The van der Waals surface area contributed by atoms with Crippen LogP contribution < -0.4 is 5.32 Å². The normalized spacial score (nSPS) is 15.3. The van der Waals surface area contributed by atoms with Gasteiger partial charge in [0, 0.05) is 13.1 Å². The number of rotatable bonds is 11. The first-order valence-corrected chi connectivity index (χ1v) is 11.4. The molecule has 0 radical (unpaired) electrons. The van der Waals surface area contributed by atoms with Crippen molar-refractivity contribution in [2.24, 2.45) is 0 Å². The standard InChI is InChI=1S/C26H31N3O4/c27-19-23(13-11-21-7-3-1-4-8-21)28-26(31)24(14-12-22-9-5-2-6-10-22)33-20-25(30)29-15-17-32-18-16-29/h1-10,23-24H,11-18,20H2,(H,28,31)/t23-,24+/m0/s1. The summed E-state index contributed by atoms with van der Waals surface area (Å²) in [6.07, 6.45) is 1.42. The van der Waals surface area contributed by atoms with Crippen LogP contribution in [0.1, 0.15) is 24.0 Å². The molecule has 1 aliphatic rings. The summed E-state index contributed by atoms with van der Waals surface area (Å²) >= 11 is 0. The summed E-state index contributed by atoms with van der Waals surface area (Å²) in [7, 11) is 0. The van der Waals surface area contributed by atoms with Crippen molar-refractivity contribution in [2.45, 2.75) is 37.8 Å². The minimum Gasteiger partial charge on any atom is -0.378 e. The third kappa shape index (κ3) is 8.33. The minimum absolute atomic E-state index is 0.156. The second-order valence-corrected chi connectivity index (χ2v) is 8.03. The molecule has 1 fully saturated rings. The van der Waals surface area contributed by atoms with Gasteiger partial charge in [-0.05, 0) is 36.8 Å². The molecule has 174 valence electrons. The molecule has 1 N–H and O–H groups in total. The Hall–Kier alpha value is -3.21. The number of hydrogen-bond donors (Lipinski definition) is 1. The number of amides is 2. The zero-order valence-corrected chi connectivity index (χ0v) is 18.8. The number of morpholine rings is 1. The molecule has 3 rings (SSSR count). The molecule has 2 aromatic rings. The largest absolute Gasteiger partial charge is 0.378 e. The number of hydrogen-bond acceptors (Lipinski definition) is 5. The van der Waals surface area contributed by atoms with Crippen LogP contribution in [0.15, 0.2) is 60.7 Å². The number of carbonyl (C=O) groups excluding carboxylic acids is 2. The Balaban J connectivity index is 1.57. The quantitative estimate of drug-likeness (QED) is 0.569. The van der Waals surface area contributed by atoms with Crippen molar-refractivity contribution in [2.75, 3.05) is 32.9 Å². The van der Waals surface area contributed by atoms with Gasteiger partial charge >= 0.3 is 0 Å². The van der Waals surface area contributed by atoms with Crippen LogP contribution in [0.3, 0.4) is 0 Å². The molecule has 0 bridgehead atoms. The van der Waals surface area contributed by atoms with Crippen LogP contribution in [0.25, 0.3) is 0 Å². The molecule has 0 unspecified atom stereocenters. The lowest BCUT2D eigenvalue weighted by Gasteiger charge is -2.27. The first-order valence-electron chi connectivity index (χ1n) is 11.4. The van der Waals surface area contributed by atoms with Crippen LogP contribution in [-0.4, -0.2) is 61.8 Å². The Bertz CT molecular complexity index is 908. The second kappa shape index (κ2) is 13.4. The number of nitriles is 1. The molecule has 2 aromatic carbocycles. The molecule has 2 atom stereocenters. The molecule has 1 aliphatic heterocycles. The fourth-order valence-corrected chi connectivity index (χ4v) is 3.70. The zero-order valence-electron chi connectivity index (χ0n) is 18.8. The van der Waals surface area contributed by atoms with E-state index < -0.39 is 12.1 Å². The first kappa shape index (κ1) is 24.4. The highest BCUT2D eigenvalue weighted by molar-refractivity contribution is 5.82. The summed E-state index contributed by atoms with van der Waals surface area (Å²) in [5.41, 5.74) is 2.19. The molecular formula is C26H31N3O4. The van der Waals surface area contributed by atoms with Gasteiger partial charge < -0.3 is 19.7 Å². The van der Waals surface area contributed by atoms with Gasteiger partial charge in [0.25, 0.3) is 0 Å². The van der Waals surface area contributed by atoms with Crippen molar-refractivity contribution in [3.05, 3.63) is 71.8 Å². The van der Waals surface area contributed by atoms with Crippen LogP contribution in [0.2, 0.25) is 0 Å². The lowest BCUT2D eigenvalue weighted by atomic mass is 10.0. The SMILES string of the molecule is N#C[C@H](CCc1ccccc1)NC(=O)[C@@H](CCc1ccccc1)OCC(=O)N1CCOCC1. The Kier molecular flexibility index (Phi) is 9.89. The molecule has 7 nitrogen and oxygen atoms in total. The van der Waals surface area contributed by atoms with Crippen molar-refractivity contribution in [1.82, 2.24) is 10.2 Å². The van der Waals surface area contributed by atoms with E-state index in [2.05, 4.69) is 11.4 Å². The summed E-state index contributed by atoms with van der Waals surface area (Å²) in [6.45, 7) is 1.90. The first-order chi connectivity index (χ1) is 16.2. The monoisotopic (exact) mass is 449 g/mol. The molecule has 1 heterocycles. The topological polar surface area (TPSA) is 91.7 Å². The predicted octanol–water partition coefficient (Wildman–Crippen LogP) is 2.50. The molecule has 0 saturated carbocycles. The number of ether oxygens (including phenoxy) is 2. The van der Waals surface area contributed by atoms with Crippen molar-refractivity contribution < 1.29 is 19.1 Å². The van der Waals surface area contributed by atoms with E-state index in [1.807, 2.05) is 60.7 Å². The van der Waals surface area contributed by atoms with Gasteiger partial charge in [0.15, 0.2) is 0 Å². The highest BCUT2D eigenvalue weighted by Crippen LogP contribution is 2.11. The van der Waals surface area contributed by atoms with E-state index in [1.54, 1.807) is 4.90 Å². The summed E-state index contributed by atoms with van der Waals surface area (Å²) in [5.74, 6) is -0.517. The van der Waals surface area contributed by atoms with E-state index >= 15 is 0 Å². The molecule has 2 amide bonds. The van der Waals surface area contributed by atoms with Crippen LogP contribution >= 0.6 is 0 Å². The van der Waals surface area contributed by atoms with Crippen LogP contribution in [0.5, 0.6) is 0 Å². The lowest BCUT2D eigenvalue weighted by molar-refractivity contribution is -0.146. The Labute approximate surface area is 195 Å². The number of carbonyl (C=O) groups is 2. The van der Waals surface area contributed by atoms with Crippen molar-refractivity contribution >= 4 is 11.8 Å². The average Bonchev–Trinajstić information content (AvgIpc) is 2.88. The molecule has 1 saturated heterocycles. The van der Waals surface area contributed by atoms with Crippen LogP contribution in [0.4, 0.5) is 0 Å². The fraction of sp³-hybridized carbons (Fsp3) is 0.423. The van der Waals surface area contributed by atoms with Gasteiger partial charge in [0.2, 0.25) is 11.8 Å². The molecule has 0 aliphatic carbocycles. The third-order valence-corrected chi connectivity index (χ3v) is 5.64. The van der Waals surface area contributed by atoms with E-state index in [0.717, 1.165) is 11.1 Å². The highest BCUT2D eigenvalue weighted by Gasteiger charge is 2.25. The molecule has 7 heteroatoms. The summed E-state index contributed by atoms with van der Waals surface area (Å²) in [6, 6.07) is 21.2. The van der Waals surface area contributed by atoms with E-state index in [-0.39, 0.29) is 18.4 Å². The molecule has 33 heavy (non-hydrogen) atoms. The lowest BCUT2D eigenvalue weighted by Crippen LogP contribution is -2.46. The van der Waals surface area contributed by atoms with E-state index in [1.165, 1.54) is 0 Å². The van der Waals surface area contributed by atoms with E-state index in [4.69, 9.17) is 9.47 Å². The summed E-state index contributed by atoms with van der Waals surface area (Å²) < 4.78 is 11.1. The van der Waals surface area contributed by atoms with Crippen molar-refractivity contribution in [3.63, 3.8) is 0 Å². The Morgan fingerprint density at radius 1 is 0.970 bits per heavy atom. The smallest absolute Gasteiger partial charge is 0.250 e. The van der Waals surface area contributed by atoms with Gasteiger partial charge in [0.1, 0.15) is 18.8 Å². The summed E-state index contributed by atoms with van der Waals surface area (Å²) in [4.78, 5) is 27.2. The third-order valence-electron chi connectivity index (χ3n) is 5.64. The number of benzene rings is 2. The van der Waals surface area contributed by atoms with Gasteiger partial charge in [-0.2, -0.15) is 5.26 Å². The van der Waals surface area contributed by atoms with Gasteiger partial charge in [-0.25, -0.2) is 0 Å². The zero-order chi connectivity index (χ0) is 23.3. The van der Waals surface area contributed by atoms with Gasteiger partial charge in [-0.15, -0.1) is 0 Å². The highest BCUT2D eigenvalue weighted by atomic mass is 16.5.